The summed E-state index contributed by atoms with van der Waals surface area (Å²) >= 11 is 0. The molecule has 18 heteroatoms. The second-order valence-corrected chi connectivity index (χ2v) is 15.9. The highest BCUT2D eigenvalue weighted by Crippen LogP contribution is 2.37. The van der Waals surface area contributed by atoms with Crippen LogP contribution in [0.15, 0.2) is 103 Å². The first-order chi connectivity index (χ1) is 33.1. The van der Waals surface area contributed by atoms with Gasteiger partial charge in [0.1, 0.15) is 22.9 Å². The van der Waals surface area contributed by atoms with E-state index in [1.807, 2.05) is 12.1 Å². The van der Waals surface area contributed by atoms with E-state index < -0.39 is 41.1 Å². The normalized spacial score (nSPS) is 10.9. The van der Waals surface area contributed by atoms with Gasteiger partial charge in [0.25, 0.3) is 17.7 Å². The smallest absolute Gasteiger partial charge is 0.364 e. The Morgan fingerprint density at radius 2 is 0.800 bits per heavy atom. The predicted octanol–water partition coefficient (Wildman–Crippen LogP) is 10.8. The van der Waals surface area contributed by atoms with Crippen LogP contribution in [0.5, 0.6) is 0 Å². The van der Waals surface area contributed by atoms with E-state index in [0.29, 0.717) is 88.7 Å². The van der Waals surface area contributed by atoms with Crippen molar-refractivity contribution in [3.63, 3.8) is 0 Å². The molecule has 3 aromatic heterocycles. The summed E-state index contributed by atoms with van der Waals surface area (Å²) in [5, 5.41) is 29.6. The van der Waals surface area contributed by atoms with Crippen LogP contribution >= 0.6 is 0 Å². The Balaban J connectivity index is 0.000000155. The molecule has 3 heterocycles. The highest BCUT2D eigenvalue weighted by molar-refractivity contribution is 6.07. The number of hydrogen-bond donors (Lipinski definition) is 6. The first-order valence-corrected chi connectivity index (χ1v) is 20.6. The first kappa shape index (κ1) is 48.3. The van der Waals surface area contributed by atoms with E-state index in [0.717, 1.165) is 40.8 Å². The molecule has 0 unspecified atom stereocenters. The molecule has 12 nitrogen and oxygen atoms in total. The summed E-state index contributed by atoms with van der Waals surface area (Å²) in [6, 6.07) is 30.0. The maximum atomic E-state index is 13.5. The SMILES string of the molecule is Cc1c(C(N)=O)[nH]c2c(-c3ccc(C(F)(F)F)cc3)cc(C#N)cc12.Cc1c(C(N)=O)[nH]c2c(-c3ccc(F)c(F)c3)cc(C#N)cc12.Cc1c(C(N)=O)[nH]c2c(-c3ccc(F)cc3)cc(C#N)cc12. The van der Waals surface area contributed by atoms with Gasteiger partial charge in [-0.1, -0.05) is 30.3 Å². The van der Waals surface area contributed by atoms with Gasteiger partial charge in [-0.25, -0.2) is 13.2 Å². The number of carbonyl (C=O) groups excluding carboxylic acids is 3. The number of primary amides is 3. The second-order valence-electron chi connectivity index (χ2n) is 15.9. The van der Waals surface area contributed by atoms with E-state index in [-0.39, 0.29) is 17.2 Å². The van der Waals surface area contributed by atoms with Crippen molar-refractivity contribution in [3.05, 3.63) is 177 Å². The minimum Gasteiger partial charge on any atom is -0.364 e. The van der Waals surface area contributed by atoms with E-state index in [1.54, 1.807) is 69.3 Å². The van der Waals surface area contributed by atoms with Crippen LogP contribution in [0.25, 0.3) is 66.1 Å². The fraction of sp³-hybridized carbons (Fsp3) is 0.0769. The van der Waals surface area contributed by atoms with Crippen LogP contribution in [0, 0.1) is 72.2 Å². The summed E-state index contributed by atoms with van der Waals surface area (Å²) in [4.78, 5) is 43.4. The maximum absolute atomic E-state index is 13.5. The van der Waals surface area contributed by atoms with E-state index in [9.17, 15) is 56.5 Å². The van der Waals surface area contributed by atoms with Crippen molar-refractivity contribution in [1.82, 2.24) is 15.0 Å². The Morgan fingerprint density at radius 3 is 1.11 bits per heavy atom. The van der Waals surface area contributed by atoms with Gasteiger partial charge in [0.15, 0.2) is 11.6 Å². The lowest BCUT2D eigenvalue weighted by atomic mass is 9.98. The highest BCUT2D eigenvalue weighted by atomic mass is 19.4. The first-order valence-electron chi connectivity index (χ1n) is 20.6. The molecule has 0 spiro atoms. The number of rotatable bonds is 6. The van der Waals surface area contributed by atoms with Gasteiger partial charge in [0.2, 0.25) is 0 Å². The van der Waals surface area contributed by atoms with E-state index in [2.05, 4.69) is 21.0 Å². The maximum Gasteiger partial charge on any atom is 0.416 e. The summed E-state index contributed by atoms with van der Waals surface area (Å²) in [7, 11) is 0. The number of nitriles is 3. The van der Waals surface area contributed by atoms with Gasteiger partial charge in [0.05, 0.1) is 57.0 Å². The van der Waals surface area contributed by atoms with Gasteiger partial charge < -0.3 is 32.2 Å². The lowest BCUT2D eigenvalue weighted by Crippen LogP contribution is -2.12. The van der Waals surface area contributed by atoms with Gasteiger partial charge in [-0.05, 0) is 127 Å². The zero-order valence-electron chi connectivity index (χ0n) is 36.9. The number of nitrogens with one attached hydrogen (secondary N) is 3. The lowest BCUT2D eigenvalue weighted by Gasteiger charge is -2.09. The third-order valence-corrected chi connectivity index (χ3v) is 11.5. The van der Waals surface area contributed by atoms with Crippen LogP contribution in [0.1, 0.15) is 70.4 Å². The van der Waals surface area contributed by atoms with Crippen LogP contribution in [-0.4, -0.2) is 32.7 Å². The molecule has 348 valence electrons. The molecule has 0 saturated heterocycles. The largest absolute Gasteiger partial charge is 0.416 e. The predicted molar refractivity (Wildman–Crippen MR) is 250 cm³/mol. The standard InChI is InChI=1S/C18H12F3N3O.C17H11F2N3O.C17H12FN3O/c1-9-13-6-10(8-22)7-14(16(13)24-15(9)17(23)25)11-2-4-12(5-3-11)18(19,20)21;1-8-11-4-9(7-20)5-12(16(11)22-15(8)17(21)23)10-2-3-13(18)14(19)6-10;1-9-13-6-10(8-19)7-14(11-2-4-12(18)5-3-11)16(13)21-15(9)17(20)22/h2-7,24H,1H3,(H2,23,25);2-6,22H,1H3,(H2,21,23);2-7,21H,1H3,(H2,20,22). The van der Waals surface area contributed by atoms with Crippen molar-refractivity contribution in [2.24, 2.45) is 17.2 Å². The molecule has 9 N–H and O–H groups in total. The number of nitrogens with zero attached hydrogens (tertiary/aromatic N) is 3. The van der Waals surface area contributed by atoms with Crippen LogP contribution in [0.2, 0.25) is 0 Å². The minimum atomic E-state index is -4.43. The van der Waals surface area contributed by atoms with Crippen molar-refractivity contribution in [2.75, 3.05) is 0 Å². The number of aryl methyl sites for hydroxylation is 3. The van der Waals surface area contributed by atoms with Gasteiger partial charge in [-0.3, -0.25) is 14.4 Å². The molecule has 9 aromatic rings. The van der Waals surface area contributed by atoms with Crippen molar-refractivity contribution in [3.8, 4) is 51.6 Å². The minimum absolute atomic E-state index is 0.207. The molecule has 0 radical (unpaired) electrons. The van der Waals surface area contributed by atoms with Crippen molar-refractivity contribution < 1.29 is 40.7 Å². The Bertz CT molecular complexity index is 3740. The zero-order valence-corrected chi connectivity index (χ0v) is 36.9. The summed E-state index contributed by atoms with van der Waals surface area (Å²) in [6.07, 6.45) is -4.43. The third kappa shape index (κ3) is 9.36. The summed E-state index contributed by atoms with van der Waals surface area (Å²) in [5.41, 5.74) is 24.2. The Kier molecular flexibility index (Phi) is 13.1. The van der Waals surface area contributed by atoms with Crippen LogP contribution in [0.4, 0.5) is 26.3 Å². The van der Waals surface area contributed by atoms with Crippen LogP contribution < -0.4 is 17.2 Å². The Labute approximate surface area is 393 Å². The molecule has 9 rings (SSSR count). The molecule has 0 atom stereocenters. The molecule has 0 aliphatic heterocycles. The molecule has 6 aromatic carbocycles. The molecule has 0 saturated carbocycles. The number of alkyl halides is 3. The fourth-order valence-electron chi connectivity index (χ4n) is 8.03. The number of aromatic amines is 3. The summed E-state index contributed by atoms with van der Waals surface area (Å²) < 4.78 is 78.0. The van der Waals surface area contributed by atoms with Gasteiger partial charge in [-0.2, -0.15) is 29.0 Å². The number of aromatic nitrogens is 3. The quantitative estimate of drug-likeness (QED) is 0.0884. The van der Waals surface area contributed by atoms with Crippen molar-refractivity contribution >= 4 is 50.4 Å². The Hall–Kier alpha value is -9.60. The summed E-state index contributed by atoms with van der Waals surface area (Å²) in [6.45, 7) is 5.17. The number of hydrogen-bond acceptors (Lipinski definition) is 6. The molecule has 3 amide bonds. The van der Waals surface area contributed by atoms with Crippen molar-refractivity contribution in [1.29, 1.82) is 15.8 Å². The molecule has 0 aliphatic rings. The number of carbonyl (C=O) groups is 3. The lowest BCUT2D eigenvalue weighted by molar-refractivity contribution is -0.137. The molecule has 70 heavy (non-hydrogen) atoms. The highest BCUT2D eigenvalue weighted by Gasteiger charge is 2.30. The number of fused-ring (bicyclic) bond motifs is 3. The average Bonchev–Trinajstić information content (AvgIpc) is 3.99. The van der Waals surface area contributed by atoms with Gasteiger partial charge in [-0.15, -0.1) is 0 Å². The number of H-pyrrole nitrogens is 3. The van der Waals surface area contributed by atoms with E-state index in [1.165, 1.54) is 30.3 Å². The zero-order chi connectivity index (χ0) is 50.9. The fourth-order valence-corrected chi connectivity index (χ4v) is 8.03. The van der Waals surface area contributed by atoms with E-state index in [4.69, 9.17) is 17.2 Å². The van der Waals surface area contributed by atoms with Gasteiger partial charge >= 0.3 is 6.18 Å². The second kappa shape index (κ2) is 18.9. The van der Waals surface area contributed by atoms with Crippen molar-refractivity contribution in [2.45, 2.75) is 26.9 Å². The molecular weight excluding hydrogens is 913 g/mol. The van der Waals surface area contributed by atoms with Crippen LogP contribution in [-0.2, 0) is 6.18 Å². The molecular formula is C52H35F6N9O3. The number of nitrogens with two attached hydrogens (primary N) is 3. The van der Waals surface area contributed by atoms with Gasteiger partial charge in [0, 0.05) is 32.8 Å². The molecule has 0 fully saturated rings. The molecule has 0 bridgehead atoms. The third-order valence-electron chi connectivity index (χ3n) is 11.5. The number of benzene rings is 6. The monoisotopic (exact) mass is 947 g/mol. The molecule has 0 aliphatic carbocycles. The van der Waals surface area contributed by atoms with E-state index >= 15 is 0 Å². The average molecular weight is 948 g/mol. The number of amides is 3. The topological polar surface area (TPSA) is 248 Å². The Morgan fingerprint density at radius 1 is 0.471 bits per heavy atom. The summed E-state index contributed by atoms with van der Waals surface area (Å²) in [5.74, 6) is -4.12. The van der Waals surface area contributed by atoms with Crippen LogP contribution in [0.3, 0.4) is 0 Å². The number of halogens is 6.